The molecule has 0 saturated carbocycles. The van der Waals surface area contributed by atoms with Crippen LogP contribution in [-0.4, -0.2) is 48.4 Å². The molecule has 8 nitrogen and oxygen atoms in total. The van der Waals surface area contributed by atoms with E-state index in [-0.39, 0.29) is 18.5 Å². The number of ether oxygens (including phenoxy) is 1. The fraction of sp³-hybridized carbons (Fsp3) is 0.438. The fourth-order valence-corrected chi connectivity index (χ4v) is 3.15. The molecule has 1 aromatic rings. The number of carboxylic acid groups (broad SMARTS) is 1. The lowest BCUT2D eigenvalue weighted by Crippen LogP contribution is -2.34. The van der Waals surface area contributed by atoms with E-state index < -0.39 is 18.3 Å². The van der Waals surface area contributed by atoms with Gasteiger partial charge in [0.25, 0.3) is 0 Å². The van der Waals surface area contributed by atoms with Gasteiger partial charge in [0.1, 0.15) is 6.10 Å². The van der Waals surface area contributed by atoms with Crippen molar-refractivity contribution in [2.45, 2.75) is 32.4 Å². The van der Waals surface area contributed by atoms with E-state index in [4.69, 9.17) is 4.74 Å². The maximum atomic E-state index is 12.1. The molecule has 2 heterocycles. The molecule has 2 aliphatic heterocycles. The monoisotopic (exact) mass is 333 g/mol. The summed E-state index contributed by atoms with van der Waals surface area (Å²) in [4.78, 5) is 37.3. The Kier molecular flexibility index (Phi) is 4.04. The molecule has 0 aliphatic carbocycles. The molecule has 0 radical (unpaired) electrons. The van der Waals surface area contributed by atoms with E-state index in [0.717, 1.165) is 5.56 Å². The van der Waals surface area contributed by atoms with Crippen LogP contribution in [0, 0.1) is 0 Å². The Morgan fingerprint density at radius 2 is 2.17 bits per heavy atom. The first kappa shape index (κ1) is 16.1. The number of hydrogen-bond acceptors (Lipinski definition) is 4. The van der Waals surface area contributed by atoms with Crippen molar-refractivity contribution >= 4 is 29.5 Å². The van der Waals surface area contributed by atoms with Crippen LogP contribution in [0.15, 0.2) is 18.2 Å². The molecule has 1 aromatic carbocycles. The molecule has 3 rings (SSSR count). The van der Waals surface area contributed by atoms with Crippen LogP contribution in [0.2, 0.25) is 0 Å². The third kappa shape index (κ3) is 2.86. The van der Waals surface area contributed by atoms with Crippen molar-refractivity contribution in [3.8, 4) is 0 Å². The predicted octanol–water partition coefficient (Wildman–Crippen LogP) is 1.58. The van der Waals surface area contributed by atoms with E-state index in [2.05, 4.69) is 5.32 Å². The lowest BCUT2D eigenvalue weighted by atomic mass is 10.1. The number of rotatable bonds is 3. The zero-order chi connectivity index (χ0) is 17.4. The van der Waals surface area contributed by atoms with Gasteiger partial charge in [-0.1, -0.05) is 6.07 Å². The van der Waals surface area contributed by atoms with Gasteiger partial charge in [0.2, 0.25) is 5.91 Å². The van der Waals surface area contributed by atoms with Gasteiger partial charge in [0, 0.05) is 18.7 Å². The van der Waals surface area contributed by atoms with Crippen LogP contribution < -0.4 is 15.1 Å². The first-order valence-electron chi connectivity index (χ1n) is 7.74. The Balaban J connectivity index is 1.80. The summed E-state index contributed by atoms with van der Waals surface area (Å²) in [6.07, 6.45) is -1.29. The zero-order valence-corrected chi connectivity index (χ0v) is 13.5. The molecule has 0 unspecified atom stereocenters. The van der Waals surface area contributed by atoms with Crippen molar-refractivity contribution in [3.05, 3.63) is 23.8 Å². The molecule has 0 aromatic heterocycles. The number of hydrogen-bond donors (Lipinski definition) is 2. The molecular formula is C16H19N3O5. The van der Waals surface area contributed by atoms with Crippen LogP contribution in [0.1, 0.15) is 19.4 Å². The van der Waals surface area contributed by atoms with E-state index in [1.807, 2.05) is 13.0 Å². The van der Waals surface area contributed by atoms with Gasteiger partial charge in [0.15, 0.2) is 0 Å². The van der Waals surface area contributed by atoms with E-state index in [1.54, 1.807) is 12.1 Å². The molecule has 3 amide bonds. The SMILES string of the molecule is CC(=O)NC[C@H]1CN(c2ccc3c(c2)N(C(=O)O)[C@H](C)C3)C(=O)O1. The topological polar surface area (TPSA) is 99.2 Å². The van der Waals surface area contributed by atoms with Gasteiger partial charge in [-0.25, -0.2) is 9.59 Å². The predicted molar refractivity (Wildman–Crippen MR) is 86.4 cm³/mol. The fourth-order valence-electron chi connectivity index (χ4n) is 3.15. The van der Waals surface area contributed by atoms with Crippen molar-refractivity contribution in [1.82, 2.24) is 5.32 Å². The minimum absolute atomic E-state index is 0.134. The van der Waals surface area contributed by atoms with Gasteiger partial charge in [-0.05, 0) is 31.0 Å². The van der Waals surface area contributed by atoms with Crippen LogP contribution in [0.4, 0.5) is 21.0 Å². The van der Waals surface area contributed by atoms with E-state index >= 15 is 0 Å². The first-order chi connectivity index (χ1) is 11.4. The van der Waals surface area contributed by atoms with Crippen molar-refractivity contribution < 1.29 is 24.2 Å². The van der Waals surface area contributed by atoms with Gasteiger partial charge in [-0.2, -0.15) is 0 Å². The van der Waals surface area contributed by atoms with Gasteiger partial charge < -0.3 is 15.2 Å². The zero-order valence-electron chi connectivity index (χ0n) is 13.5. The molecule has 1 saturated heterocycles. The molecule has 2 atom stereocenters. The largest absolute Gasteiger partial charge is 0.465 e. The third-order valence-electron chi connectivity index (χ3n) is 4.26. The summed E-state index contributed by atoms with van der Waals surface area (Å²) in [7, 11) is 0. The Morgan fingerprint density at radius 1 is 1.42 bits per heavy atom. The molecule has 24 heavy (non-hydrogen) atoms. The number of nitrogens with zero attached hydrogens (tertiary/aromatic N) is 2. The summed E-state index contributed by atoms with van der Waals surface area (Å²) in [6.45, 7) is 3.80. The van der Waals surface area contributed by atoms with E-state index in [1.165, 1.54) is 16.7 Å². The molecule has 1 fully saturated rings. The Bertz CT molecular complexity index is 705. The quantitative estimate of drug-likeness (QED) is 0.875. The number of nitrogens with one attached hydrogen (secondary N) is 1. The molecule has 2 N–H and O–H groups in total. The number of amides is 3. The van der Waals surface area contributed by atoms with Gasteiger partial charge in [-0.3, -0.25) is 14.6 Å². The summed E-state index contributed by atoms with van der Waals surface area (Å²) >= 11 is 0. The second kappa shape index (κ2) is 6.03. The summed E-state index contributed by atoms with van der Waals surface area (Å²) in [6, 6.07) is 5.21. The second-order valence-corrected chi connectivity index (χ2v) is 6.07. The maximum absolute atomic E-state index is 12.1. The minimum atomic E-state index is -1.01. The summed E-state index contributed by atoms with van der Waals surface area (Å²) in [5.74, 6) is -0.187. The lowest BCUT2D eigenvalue weighted by Gasteiger charge is -2.20. The highest BCUT2D eigenvalue weighted by molar-refractivity contribution is 5.94. The van der Waals surface area contributed by atoms with Crippen LogP contribution in [0.3, 0.4) is 0 Å². The summed E-state index contributed by atoms with van der Waals surface area (Å²) < 4.78 is 5.24. The third-order valence-corrected chi connectivity index (χ3v) is 4.26. The second-order valence-electron chi connectivity index (χ2n) is 6.07. The molecule has 2 aliphatic rings. The van der Waals surface area contributed by atoms with Crippen molar-refractivity contribution in [1.29, 1.82) is 0 Å². The number of carbonyl (C=O) groups is 3. The molecular weight excluding hydrogens is 314 g/mol. The molecule has 128 valence electrons. The smallest absolute Gasteiger partial charge is 0.414 e. The van der Waals surface area contributed by atoms with Gasteiger partial charge >= 0.3 is 12.2 Å². The Morgan fingerprint density at radius 3 is 2.83 bits per heavy atom. The number of fused-ring (bicyclic) bond motifs is 1. The highest BCUT2D eigenvalue weighted by Gasteiger charge is 2.35. The van der Waals surface area contributed by atoms with Crippen molar-refractivity contribution in [3.63, 3.8) is 0 Å². The number of anilines is 2. The van der Waals surface area contributed by atoms with Crippen LogP contribution in [0.25, 0.3) is 0 Å². The molecule has 0 spiro atoms. The van der Waals surface area contributed by atoms with Crippen molar-refractivity contribution in [2.75, 3.05) is 22.9 Å². The van der Waals surface area contributed by atoms with E-state index in [0.29, 0.717) is 24.3 Å². The maximum Gasteiger partial charge on any atom is 0.414 e. The van der Waals surface area contributed by atoms with Gasteiger partial charge in [0.05, 0.1) is 18.8 Å². The molecule has 0 bridgehead atoms. The highest BCUT2D eigenvalue weighted by atomic mass is 16.6. The minimum Gasteiger partial charge on any atom is -0.465 e. The van der Waals surface area contributed by atoms with Crippen LogP contribution in [0.5, 0.6) is 0 Å². The lowest BCUT2D eigenvalue weighted by molar-refractivity contribution is -0.119. The number of benzene rings is 1. The van der Waals surface area contributed by atoms with Crippen LogP contribution >= 0.6 is 0 Å². The molecule has 8 heteroatoms. The van der Waals surface area contributed by atoms with Gasteiger partial charge in [-0.15, -0.1) is 0 Å². The average molecular weight is 333 g/mol. The normalized spacial score (nSPS) is 22.3. The first-order valence-corrected chi connectivity index (χ1v) is 7.74. The Hall–Kier alpha value is -2.77. The summed E-state index contributed by atoms with van der Waals surface area (Å²) in [5.41, 5.74) is 2.13. The Labute approximate surface area is 139 Å². The standard InChI is InChI=1S/C16H19N3O5/c1-9-5-11-3-4-12(6-14(11)19(9)15(21)22)18-8-13(24-16(18)23)7-17-10(2)20/h3-4,6,9,13H,5,7-8H2,1-2H3,(H,17,20)(H,21,22)/t9-,13+/m1/s1. The highest BCUT2D eigenvalue weighted by Crippen LogP contribution is 2.36. The average Bonchev–Trinajstić information content (AvgIpc) is 3.03. The number of carbonyl (C=O) groups excluding carboxylic acids is 2. The number of cyclic esters (lactones) is 1. The van der Waals surface area contributed by atoms with E-state index in [9.17, 15) is 19.5 Å². The van der Waals surface area contributed by atoms with Crippen LogP contribution in [-0.2, 0) is 16.0 Å². The van der Waals surface area contributed by atoms with Crippen molar-refractivity contribution in [2.24, 2.45) is 0 Å². The summed E-state index contributed by atoms with van der Waals surface area (Å²) in [5, 5.41) is 12.0.